The molecule has 17 heavy (non-hydrogen) atoms. The summed E-state index contributed by atoms with van der Waals surface area (Å²) in [7, 11) is 0. The van der Waals surface area contributed by atoms with E-state index in [2.05, 4.69) is 5.10 Å². The lowest BCUT2D eigenvalue weighted by molar-refractivity contribution is 0.0688. The summed E-state index contributed by atoms with van der Waals surface area (Å²) in [4.78, 5) is 11.0. The average Bonchev–Trinajstić information content (AvgIpc) is 2.85. The molecule has 2 aromatic heterocycles. The Hall–Kier alpha value is -2.04. The third-order valence-corrected chi connectivity index (χ3v) is 2.34. The van der Waals surface area contributed by atoms with Gasteiger partial charge in [0.05, 0.1) is 11.8 Å². The van der Waals surface area contributed by atoms with E-state index in [0.29, 0.717) is 11.5 Å². The Morgan fingerprint density at radius 2 is 2.18 bits per heavy atom. The fourth-order valence-corrected chi connectivity index (χ4v) is 1.60. The van der Waals surface area contributed by atoms with Gasteiger partial charge in [0.2, 0.25) is 0 Å². The number of furan rings is 1. The first-order chi connectivity index (χ1) is 7.89. The van der Waals surface area contributed by atoms with Crippen molar-refractivity contribution in [1.82, 2.24) is 9.78 Å². The molecule has 0 saturated heterocycles. The summed E-state index contributed by atoms with van der Waals surface area (Å²) in [6.07, 6.45) is 1.55. The van der Waals surface area contributed by atoms with Gasteiger partial charge in [0.15, 0.2) is 11.5 Å². The van der Waals surface area contributed by atoms with E-state index in [4.69, 9.17) is 9.52 Å². The fraction of sp³-hybridized carbons (Fsp3) is 0.333. The molecule has 1 N–H and O–H groups in total. The van der Waals surface area contributed by atoms with E-state index in [0.717, 1.165) is 0 Å². The molecular weight excluding hydrogens is 220 g/mol. The molecule has 0 aliphatic rings. The minimum Gasteiger partial charge on any atom is -0.476 e. The van der Waals surface area contributed by atoms with Crippen LogP contribution < -0.4 is 0 Å². The lowest BCUT2D eigenvalue weighted by Gasteiger charge is -2.21. The first kappa shape index (κ1) is 11.4. The molecule has 2 aromatic rings. The van der Waals surface area contributed by atoms with Gasteiger partial charge in [-0.1, -0.05) is 0 Å². The molecule has 0 unspecified atom stereocenters. The summed E-state index contributed by atoms with van der Waals surface area (Å²) >= 11 is 0. The van der Waals surface area contributed by atoms with Crippen LogP contribution in [0.25, 0.3) is 11.5 Å². The summed E-state index contributed by atoms with van der Waals surface area (Å²) < 4.78 is 6.96. The third kappa shape index (κ3) is 2.08. The SMILES string of the molecule is CC(C)(C)n1nc(C(=O)O)cc1-c1ccco1. The number of carbonyl (C=O) groups is 1. The molecule has 0 atom stereocenters. The van der Waals surface area contributed by atoms with Gasteiger partial charge in [0, 0.05) is 6.07 Å². The van der Waals surface area contributed by atoms with Crippen molar-refractivity contribution in [2.45, 2.75) is 26.3 Å². The van der Waals surface area contributed by atoms with E-state index >= 15 is 0 Å². The molecule has 5 nitrogen and oxygen atoms in total. The van der Waals surface area contributed by atoms with Crippen molar-refractivity contribution in [2.75, 3.05) is 0 Å². The maximum absolute atomic E-state index is 11.0. The number of aromatic carboxylic acids is 1. The highest BCUT2D eigenvalue weighted by atomic mass is 16.4. The van der Waals surface area contributed by atoms with Gasteiger partial charge in [-0.25, -0.2) is 4.79 Å². The Bertz CT molecular complexity index is 533. The topological polar surface area (TPSA) is 68.3 Å². The molecule has 0 spiro atoms. The number of hydrogen-bond donors (Lipinski definition) is 1. The number of nitrogens with zero attached hydrogens (tertiary/aromatic N) is 2. The average molecular weight is 234 g/mol. The highest BCUT2D eigenvalue weighted by Gasteiger charge is 2.23. The standard InChI is InChI=1S/C12H14N2O3/c1-12(2,3)14-9(10-5-4-6-17-10)7-8(13-14)11(15)16/h4-7H,1-3H3,(H,15,16). The Labute approximate surface area is 98.7 Å². The second-order valence-electron chi connectivity index (χ2n) is 4.78. The summed E-state index contributed by atoms with van der Waals surface area (Å²) in [5, 5.41) is 13.1. The largest absolute Gasteiger partial charge is 0.476 e. The number of carboxylic acids is 1. The van der Waals surface area contributed by atoms with Gasteiger partial charge < -0.3 is 9.52 Å². The maximum Gasteiger partial charge on any atom is 0.356 e. The van der Waals surface area contributed by atoms with Crippen molar-refractivity contribution in [3.05, 3.63) is 30.2 Å². The van der Waals surface area contributed by atoms with Gasteiger partial charge in [-0.05, 0) is 32.9 Å². The van der Waals surface area contributed by atoms with Crippen LogP contribution in [0.3, 0.4) is 0 Å². The second-order valence-corrected chi connectivity index (χ2v) is 4.78. The molecule has 0 saturated carbocycles. The Balaban J connectivity index is 2.61. The zero-order valence-corrected chi connectivity index (χ0v) is 9.97. The molecule has 0 radical (unpaired) electrons. The highest BCUT2D eigenvalue weighted by molar-refractivity contribution is 5.86. The monoisotopic (exact) mass is 234 g/mol. The quantitative estimate of drug-likeness (QED) is 0.867. The fourth-order valence-electron chi connectivity index (χ4n) is 1.60. The zero-order chi connectivity index (χ0) is 12.6. The van der Waals surface area contributed by atoms with Crippen LogP contribution in [0.15, 0.2) is 28.9 Å². The minimum atomic E-state index is -1.04. The van der Waals surface area contributed by atoms with Crippen LogP contribution in [0.2, 0.25) is 0 Å². The van der Waals surface area contributed by atoms with E-state index in [1.165, 1.54) is 6.07 Å². The molecule has 0 fully saturated rings. The predicted octanol–water partition coefficient (Wildman–Crippen LogP) is 2.60. The van der Waals surface area contributed by atoms with Crippen LogP contribution in [0.5, 0.6) is 0 Å². The molecule has 0 bridgehead atoms. The Kier molecular flexibility index (Phi) is 2.53. The molecule has 0 aromatic carbocycles. The second kappa shape index (κ2) is 3.76. The van der Waals surface area contributed by atoms with Gasteiger partial charge in [-0.15, -0.1) is 0 Å². The van der Waals surface area contributed by atoms with E-state index in [1.54, 1.807) is 23.1 Å². The highest BCUT2D eigenvalue weighted by Crippen LogP contribution is 2.26. The molecule has 5 heteroatoms. The summed E-state index contributed by atoms with van der Waals surface area (Å²) in [5.41, 5.74) is 0.377. The van der Waals surface area contributed by atoms with Crippen LogP contribution >= 0.6 is 0 Å². The van der Waals surface area contributed by atoms with Gasteiger partial charge in [0.1, 0.15) is 5.69 Å². The molecule has 0 amide bonds. The first-order valence-electron chi connectivity index (χ1n) is 5.27. The number of rotatable bonds is 2. The lowest BCUT2D eigenvalue weighted by Crippen LogP contribution is -2.24. The van der Waals surface area contributed by atoms with Gasteiger partial charge >= 0.3 is 5.97 Å². The van der Waals surface area contributed by atoms with Gasteiger partial charge in [-0.3, -0.25) is 4.68 Å². The van der Waals surface area contributed by atoms with Crippen molar-refractivity contribution in [1.29, 1.82) is 0 Å². The number of aromatic nitrogens is 2. The van der Waals surface area contributed by atoms with Gasteiger partial charge in [-0.2, -0.15) is 5.10 Å². The molecule has 2 rings (SSSR count). The zero-order valence-electron chi connectivity index (χ0n) is 9.97. The Morgan fingerprint density at radius 3 is 2.65 bits per heavy atom. The lowest BCUT2D eigenvalue weighted by atomic mass is 10.1. The molecule has 90 valence electrons. The minimum absolute atomic E-state index is 0.0197. The van der Waals surface area contributed by atoms with E-state index in [-0.39, 0.29) is 11.2 Å². The van der Waals surface area contributed by atoms with Crippen LogP contribution in [-0.4, -0.2) is 20.9 Å². The van der Waals surface area contributed by atoms with Crippen molar-refractivity contribution in [3.63, 3.8) is 0 Å². The first-order valence-corrected chi connectivity index (χ1v) is 5.27. The van der Waals surface area contributed by atoms with Crippen LogP contribution in [0.4, 0.5) is 0 Å². The molecule has 0 aliphatic carbocycles. The van der Waals surface area contributed by atoms with Gasteiger partial charge in [0.25, 0.3) is 0 Å². The predicted molar refractivity (Wildman–Crippen MR) is 61.9 cm³/mol. The van der Waals surface area contributed by atoms with Crippen molar-refractivity contribution < 1.29 is 14.3 Å². The van der Waals surface area contributed by atoms with Crippen molar-refractivity contribution >= 4 is 5.97 Å². The summed E-state index contributed by atoms with van der Waals surface area (Å²) in [5.74, 6) is -0.430. The van der Waals surface area contributed by atoms with Crippen LogP contribution in [0, 0.1) is 0 Å². The van der Waals surface area contributed by atoms with Crippen LogP contribution in [-0.2, 0) is 5.54 Å². The van der Waals surface area contributed by atoms with Crippen molar-refractivity contribution in [2.24, 2.45) is 0 Å². The van der Waals surface area contributed by atoms with E-state index in [9.17, 15) is 4.79 Å². The number of carboxylic acid groups (broad SMARTS) is 1. The summed E-state index contributed by atoms with van der Waals surface area (Å²) in [6, 6.07) is 5.06. The van der Waals surface area contributed by atoms with E-state index < -0.39 is 5.97 Å². The van der Waals surface area contributed by atoms with Crippen molar-refractivity contribution in [3.8, 4) is 11.5 Å². The maximum atomic E-state index is 11.0. The third-order valence-electron chi connectivity index (χ3n) is 2.34. The smallest absolute Gasteiger partial charge is 0.356 e. The van der Waals surface area contributed by atoms with E-state index in [1.807, 2.05) is 20.8 Å². The molecule has 2 heterocycles. The summed E-state index contributed by atoms with van der Waals surface area (Å²) in [6.45, 7) is 5.87. The number of hydrogen-bond acceptors (Lipinski definition) is 3. The normalized spacial score (nSPS) is 11.7. The Morgan fingerprint density at radius 1 is 1.47 bits per heavy atom. The molecule has 0 aliphatic heterocycles. The van der Waals surface area contributed by atoms with Crippen LogP contribution in [0.1, 0.15) is 31.3 Å². The molecular formula is C12H14N2O3.